The third-order valence-electron chi connectivity index (χ3n) is 5.26. The molecule has 1 saturated heterocycles. The van der Waals surface area contributed by atoms with Gasteiger partial charge in [0.25, 0.3) is 5.91 Å². The lowest BCUT2D eigenvalue weighted by Crippen LogP contribution is -2.44. The number of hydrogen-bond donors (Lipinski definition) is 2. The number of amides is 4. The number of benzene rings is 2. The van der Waals surface area contributed by atoms with Crippen LogP contribution in [-0.2, 0) is 15.1 Å². The van der Waals surface area contributed by atoms with Gasteiger partial charge in [0.05, 0.1) is 17.7 Å². The number of imide groups is 1. The van der Waals surface area contributed by atoms with Crippen LogP contribution in [0.3, 0.4) is 0 Å². The lowest BCUT2D eigenvalue weighted by molar-refractivity contribution is -0.135. The van der Waals surface area contributed by atoms with Crippen molar-refractivity contribution in [2.75, 3.05) is 6.54 Å². The van der Waals surface area contributed by atoms with Gasteiger partial charge in [-0.2, -0.15) is 5.26 Å². The quantitative estimate of drug-likeness (QED) is 0.693. The number of nitrogens with zero attached hydrogens (tertiary/aromatic N) is 2. The first-order valence-electron chi connectivity index (χ1n) is 9.88. The Labute approximate surface area is 175 Å². The van der Waals surface area contributed by atoms with Gasteiger partial charge in [-0.05, 0) is 36.6 Å². The fourth-order valence-corrected chi connectivity index (χ4v) is 3.62. The van der Waals surface area contributed by atoms with Crippen molar-refractivity contribution in [3.63, 3.8) is 0 Å². The Balaban J connectivity index is 1.74. The average molecular weight is 404 g/mol. The standard InChI is InChI=1S/C23H24N4O3/c1-3-8-19(17-10-5-4-6-11-17)25-20(28)15-27-21(29)23(2,26-22(27)30)18-12-7-9-16(13-18)14-24/h4-7,9-13,19H,3,8,15H2,1-2H3,(H,25,28)(H,26,30). The maximum atomic E-state index is 13.0. The highest BCUT2D eigenvalue weighted by Crippen LogP contribution is 2.29. The molecule has 2 atom stereocenters. The molecule has 30 heavy (non-hydrogen) atoms. The number of nitrogens with one attached hydrogen (secondary N) is 2. The molecular weight excluding hydrogens is 380 g/mol. The smallest absolute Gasteiger partial charge is 0.325 e. The van der Waals surface area contributed by atoms with Crippen LogP contribution in [0.5, 0.6) is 0 Å². The van der Waals surface area contributed by atoms with Crippen LogP contribution >= 0.6 is 0 Å². The van der Waals surface area contributed by atoms with Crippen molar-refractivity contribution in [1.82, 2.24) is 15.5 Å². The van der Waals surface area contributed by atoms with Crippen LogP contribution in [0.1, 0.15) is 49.4 Å². The van der Waals surface area contributed by atoms with Crippen molar-refractivity contribution in [3.05, 3.63) is 71.3 Å². The van der Waals surface area contributed by atoms with E-state index >= 15 is 0 Å². The normalized spacial score (nSPS) is 19.2. The predicted molar refractivity (Wildman–Crippen MR) is 111 cm³/mol. The molecule has 0 aliphatic carbocycles. The zero-order valence-corrected chi connectivity index (χ0v) is 17.0. The second-order valence-corrected chi connectivity index (χ2v) is 7.46. The number of urea groups is 1. The van der Waals surface area contributed by atoms with Gasteiger partial charge in [-0.1, -0.05) is 55.8 Å². The van der Waals surface area contributed by atoms with E-state index in [0.717, 1.165) is 23.3 Å². The van der Waals surface area contributed by atoms with Crippen LogP contribution < -0.4 is 10.6 Å². The molecule has 2 aromatic rings. The Morgan fingerprint density at radius 2 is 1.93 bits per heavy atom. The first kappa shape index (κ1) is 21.1. The second kappa shape index (κ2) is 8.78. The van der Waals surface area contributed by atoms with Crippen LogP contribution in [0.2, 0.25) is 0 Å². The van der Waals surface area contributed by atoms with Crippen molar-refractivity contribution < 1.29 is 14.4 Å². The lowest BCUT2D eigenvalue weighted by atomic mass is 9.91. The number of carbonyl (C=O) groups is 3. The molecule has 0 radical (unpaired) electrons. The number of rotatable bonds is 7. The summed E-state index contributed by atoms with van der Waals surface area (Å²) in [4.78, 5) is 39.1. The third kappa shape index (κ3) is 4.18. The minimum atomic E-state index is -1.33. The molecule has 1 aliphatic heterocycles. The summed E-state index contributed by atoms with van der Waals surface area (Å²) < 4.78 is 0. The molecule has 1 aliphatic rings. The first-order valence-corrected chi connectivity index (χ1v) is 9.88. The van der Waals surface area contributed by atoms with Crippen LogP contribution in [0.25, 0.3) is 0 Å². The summed E-state index contributed by atoms with van der Waals surface area (Å²) in [6, 6.07) is 17.3. The van der Waals surface area contributed by atoms with Crippen molar-refractivity contribution in [2.45, 2.75) is 38.3 Å². The van der Waals surface area contributed by atoms with Gasteiger partial charge in [0.15, 0.2) is 0 Å². The van der Waals surface area contributed by atoms with Crippen molar-refractivity contribution in [3.8, 4) is 6.07 Å². The minimum absolute atomic E-state index is 0.192. The van der Waals surface area contributed by atoms with Crippen LogP contribution in [0, 0.1) is 11.3 Å². The summed E-state index contributed by atoms with van der Waals surface area (Å²) in [6.07, 6.45) is 1.62. The topological polar surface area (TPSA) is 102 Å². The monoisotopic (exact) mass is 404 g/mol. The molecule has 0 saturated carbocycles. The minimum Gasteiger partial charge on any atom is -0.348 e. The molecule has 7 heteroatoms. The molecule has 7 nitrogen and oxygen atoms in total. The molecule has 1 heterocycles. The van der Waals surface area contributed by atoms with Gasteiger partial charge in [0.2, 0.25) is 5.91 Å². The summed E-state index contributed by atoms with van der Waals surface area (Å²) in [6.45, 7) is 3.23. The highest BCUT2D eigenvalue weighted by Gasteiger charge is 2.49. The summed E-state index contributed by atoms with van der Waals surface area (Å²) in [5.41, 5.74) is 0.531. The van der Waals surface area contributed by atoms with Crippen molar-refractivity contribution in [1.29, 1.82) is 5.26 Å². The van der Waals surface area contributed by atoms with Gasteiger partial charge in [0, 0.05) is 0 Å². The summed E-state index contributed by atoms with van der Waals surface area (Å²) in [7, 11) is 0. The van der Waals surface area contributed by atoms with E-state index in [2.05, 4.69) is 10.6 Å². The van der Waals surface area contributed by atoms with E-state index in [1.807, 2.05) is 43.3 Å². The Hall–Kier alpha value is -3.66. The molecule has 154 valence electrons. The van der Waals surface area contributed by atoms with Gasteiger partial charge in [-0.3, -0.25) is 14.5 Å². The second-order valence-electron chi connectivity index (χ2n) is 7.46. The largest absolute Gasteiger partial charge is 0.348 e. The van der Waals surface area contributed by atoms with Crippen LogP contribution in [-0.4, -0.2) is 29.3 Å². The molecule has 2 N–H and O–H groups in total. The maximum absolute atomic E-state index is 13.0. The molecule has 0 spiro atoms. The Kier molecular flexibility index (Phi) is 6.17. The summed E-state index contributed by atoms with van der Waals surface area (Å²) >= 11 is 0. The van der Waals surface area contributed by atoms with Crippen molar-refractivity contribution >= 4 is 17.8 Å². The molecule has 0 aromatic heterocycles. The molecular formula is C23H24N4O3. The molecule has 0 bridgehead atoms. The number of carbonyl (C=O) groups excluding carboxylic acids is 3. The maximum Gasteiger partial charge on any atom is 0.325 e. The van der Waals surface area contributed by atoms with E-state index < -0.39 is 23.4 Å². The molecule has 2 unspecified atom stereocenters. The number of hydrogen-bond acceptors (Lipinski definition) is 4. The van der Waals surface area contributed by atoms with Gasteiger partial charge in [-0.15, -0.1) is 0 Å². The fraction of sp³-hybridized carbons (Fsp3) is 0.304. The van der Waals surface area contributed by atoms with Gasteiger partial charge in [0.1, 0.15) is 12.1 Å². The van der Waals surface area contributed by atoms with Gasteiger partial charge < -0.3 is 10.6 Å². The van der Waals surface area contributed by atoms with Crippen LogP contribution in [0.4, 0.5) is 4.79 Å². The Morgan fingerprint density at radius 1 is 1.20 bits per heavy atom. The highest BCUT2D eigenvalue weighted by molar-refractivity contribution is 6.09. The summed E-state index contributed by atoms with van der Waals surface area (Å²) in [5, 5.41) is 14.7. The van der Waals surface area contributed by atoms with Crippen molar-refractivity contribution in [2.24, 2.45) is 0 Å². The van der Waals surface area contributed by atoms with E-state index in [9.17, 15) is 14.4 Å². The Bertz CT molecular complexity index is 999. The molecule has 4 amide bonds. The van der Waals surface area contributed by atoms with Gasteiger partial charge >= 0.3 is 6.03 Å². The van der Waals surface area contributed by atoms with E-state index in [0.29, 0.717) is 11.1 Å². The van der Waals surface area contributed by atoms with Gasteiger partial charge in [-0.25, -0.2) is 4.79 Å². The molecule has 3 rings (SSSR count). The molecule has 1 fully saturated rings. The molecule has 2 aromatic carbocycles. The van der Waals surface area contributed by atoms with E-state index in [1.54, 1.807) is 31.2 Å². The zero-order valence-electron chi connectivity index (χ0n) is 17.0. The SMILES string of the molecule is CCCC(NC(=O)CN1C(=O)NC(C)(c2cccc(C#N)c2)C1=O)c1ccccc1. The average Bonchev–Trinajstić information content (AvgIpc) is 2.98. The fourth-order valence-electron chi connectivity index (χ4n) is 3.62. The number of nitriles is 1. The summed E-state index contributed by atoms with van der Waals surface area (Å²) in [5.74, 6) is -0.930. The van der Waals surface area contributed by atoms with E-state index in [4.69, 9.17) is 5.26 Å². The van der Waals surface area contributed by atoms with Crippen LogP contribution in [0.15, 0.2) is 54.6 Å². The zero-order chi connectivity index (χ0) is 21.7. The third-order valence-corrected chi connectivity index (χ3v) is 5.26. The highest BCUT2D eigenvalue weighted by atomic mass is 16.2. The predicted octanol–water partition coefficient (Wildman–Crippen LogP) is 2.98. The lowest BCUT2D eigenvalue weighted by Gasteiger charge is -2.23. The first-order chi connectivity index (χ1) is 14.4. The van der Waals surface area contributed by atoms with E-state index in [-0.39, 0.29) is 12.6 Å². The van der Waals surface area contributed by atoms with E-state index in [1.165, 1.54) is 0 Å². The Morgan fingerprint density at radius 3 is 2.60 bits per heavy atom.